The number of benzene rings is 3. The van der Waals surface area contributed by atoms with E-state index in [2.05, 4.69) is 5.32 Å². The quantitative estimate of drug-likeness (QED) is 0.295. The Morgan fingerprint density at radius 2 is 1.54 bits per heavy atom. The van der Waals surface area contributed by atoms with Crippen molar-refractivity contribution in [2.75, 3.05) is 30.5 Å². The Hall–Kier alpha value is -3.85. The number of rotatable bonds is 14. The van der Waals surface area contributed by atoms with Crippen LogP contribution in [0.5, 0.6) is 5.75 Å². The molecule has 220 valence electrons. The number of amides is 2. The van der Waals surface area contributed by atoms with Crippen molar-refractivity contribution >= 4 is 27.5 Å². The van der Waals surface area contributed by atoms with Gasteiger partial charge in [-0.05, 0) is 75.1 Å². The Labute approximate surface area is 244 Å². The van der Waals surface area contributed by atoms with Gasteiger partial charge in [0, 0.05) is 13.1 Å². The first-order valence-electron chi connectivity index (χ1n) is 14.0. The van der Waals surface area contributed by atoms with Crippen molar-refractivity contribution in [1.82, 2.24) is 10.2 Å². The van der Waals surface area contributed by atoms with Crippen LogP contribution in [0.3, 0.4) is 0 Å². The average molecular weight is 580 g/mol. The molecule has 2 amide bonds. The Bertz CT molecular complexity index is 1380. The predicted octanol–water partition coefficient (Wildman–Crippen LogP) is 4.82. The lowest BCUT2D eigenvalue weighted by Gasteiger charge is -2.32. The maximum Gasteiger partial charge on any atom is 0.264 e. The first-order chi connectivity index (χ1) is 19.5. The minimum atomic E-state index is -4.11. The van der Waals surface area contributed by atoms with E-state index in [0.29, 0.717) is 31.0 Å². The number of ether oxygens (including phenoxy) is 1. The van der Waals surface area contributed by atoms with Crippen LogP contribution in [0.4, 0.5) is 5.69 Å². The van der Waals surface area contributed by atoms with Gasteiger partial charge >= 0.3 is 0 Å². The van der Waals surface area contributed by atoms with Crippen LogP contribution < -0.4 is 14.4 Å². The zero-order valence-electron chi connectivity index (χ0n) is 24.5. The van der Waals surface area contributed by atoms with Crippen molar-refractivity contribution < 1.29 is 22.7 Å². The molecule has 0 radical (unpaired) electrons. The lowest BCUT2D eigenvalue weighted by molar-refractivity contribution is -0.138. The van der Waals surface area contributed by atoms with E-state index in [9.17, 15) is 18.0 Å². The molecular formula is C32H41N3O5S. The molecule has 1 unspecified atom stereocenters. The van der Waals surface area contributed by atoms with E-state index < -0.39 is 28.5 Å². The summed E-state index contributed by atoms with van der Waals surface area (Å²) in [7, 11) is -4.11. The summed E-state index contributed by atoms with van der Waals surface area (Å²) in [6.45, 7) is 10.1. The fourth-order valence-electron chi connectivity index (χ4n) is 4.26. The second-order valence-electron chi connectivity index (χ2n) is 10.4. The van der Waals surface area contributed by atoms with Gasteiger partial charge in [0.25, 0.3) is 10.0 Å². The zero-order chi connectivity index (χ0) is 30.0. The van der Waals surface area contributed by atoms with Crippen molar-refractivity contribution in [3.8, 4) is 5.75 Å². The van der Waals surface area contributed by atoms with Gasteiger partial charge in [-0.3, -0.25) is 13.9 Å². The number of hydrogen-bond donors (Lipinski definition) is 1. The molecule has 0 aliphatic carbocycles. The van der Waals surface area contributed by atoms with Crippen LogP contribution >= 0.6 is 0 Å². The van der Waals surface area contributed by atoms with Crippen molar-refractivity contribution in [2.45, 2.75) is 52.0 Å². The molecule has 0 aromatic heterocycles. The molecule has 0 heterocycles. The van der Waals surface area contributed by atoms with Gasteiger partial charge in [0.15, 0.2) is 0 Å². The van der Waals surface area contributed by atoms with E-state index in [1.165, 1.54) is 17.0 Å². The van der Waals surface area contributed by atoms with Crippen LogP contribution in [0, 0.1) is 12.8 Å². The first-order valence-corrected chi connectivity index (χ1v) is 15.4. The largest absolute Gasteiger partial charge is 0.494 e. The maximum absolute atomic E-state index is 13.9. The molecule has 3 rings (SSSR count). The predicted molar refractivity (Wildman–Crippen MR) is 162 cm³/mol. The highest BCUT2D eigenvalue weighted by Crippen LogP contribution is 2.26. The number of nitrogens with zero attached hydrogens (tertiary/aromatic N) is 2. The van der Waals surface area contributed by atoms with E-state index in [0.717, 1.165) is 15.4 Å². The third-order valence-electron chi connectivity index (χ3n) is 6.66. The smallest absolute Gasteiger partial charge is 0.264 e. The molecule has 0 saturated heterocycles. The summed E-state index contributed by atoms with van der Waals surface area (Å²) in [5, 5.41) is 2.90. The van der Waals surface area contributed by atoms with Gasteiger partial charge in [-0.2, -0.15) is 0 Å². The lowest BCUT2D eigenvalue weighted by Crippen LogP contribution is -2.52. The van der Waals surface area contributed by atoms with Crippen molar-refractivity contribution in [3.05, 3.63) is 90.0 Å². The molecular weight excluding hydrogens is 538 g/mol. The van der Waals surface area contributed by atoms with Crippen LogP contribution in [0.2, 0.25) is 0 Å². The number of hydrogen-bond acceptors (Lipinski definition) is 5. The minimum Gasteiger partial charge on any atom is -0.494 e. The normalized spacial score (nSPS) is 12.0. The maximum atomic E-state index is 13.9. The van der Waals surface area contributed by atoms with Crippen LogP contribution in [0.15, 0.2) is 83.8 Å². The standard InChI is InChI=1S/C32H41N3O5S/c1-6-40-29-16-14-28(15-17-29)35(41(38,39)30-18-12-25(4)13-19-30)23-31(36)34(21-20-27-10-8-7-9-11-27)26(5)32(37)33-22-24(2)3/h7-19,24,26H,6,20-23H2,1-5H3,(H,33,37). The van der Waals surface area contributed by atoms with Gasteiger partial charge in [0.1, 0.15) is 18.3 Å². The molecule has 0 bridgehead atoms. The number of carbonyl (C=O) groups is 2. The number of nitrogens with one attached hydrogen (secondary N) is 1. The summed E-state index contributed by atoms with van der Waals surface area (Å²) in [6.07, 6.45) is 0.516. The van der Waals surface area contributed by atoms with Crippen LogP contribution in [-0.2, 0) is 26.0 Å². The van der Waals surface area contributed by atoms with Crippen molar-refractivity contribution in [3.63, 3.8) is 0 Å². The molecule has 9 heteroatoms. The summed E-state index contributed by atoms with van der Waals surface area (Å²) >= 11 is 0. The molecule has 0 aliphatic heterocycles. The van der Waals surface area contributed by atoms with Crippen LogP contribution in [0.25, 0.3) is 0 Å². The van der Waals surface area contributed by atoms with Gasteiger partial charge in [0.2, 0.25) is 11.8 Å². The molecule has 0 aliphatic rings. The summed E-state index contributed by atoms with van der Waals surface area (Å²) in [5.74, 6) is 0.0800. The fourth-order valence-corrected chi connectivity index (χ4v) is 5.68. The van der Waals surface area contributed by atoms with E-state index in [1.807, 2.05) is 58.0 Å². The molecule has 0 spiro atoms. The first kappa shape index (κ1) is 31.7. The molecule has 3 aromatic carbocycles. The number of aryl methyl sites for hydroxylation is 1. The Morgan fingerprint density at radius 1 is 0.902 bits per heavy atom. The number of anilines is 1. The highest BCUT2D eigenvalue weighted by molar-refractivity contribution is 7.92. The third kappa shape index (κ3) is 8.82. The van der Waals surface area contributed by atoms with Gasteiger partial charge in [-0.25, -0.2) is 8.42 Å². The molecule has 3 aromatic rings. The monoisotopic (exact) mass is 579 g/mol. The molecule has 8 nitrogen and oxygen atoms in total. The van der Waals surface area contributed by atoms with Crippen LogP contribution in [0.1, 0.15) is 38.8 Å². The third-order valence-corrected chi connectivity index (χ3v) is 8.45. The van der Waals surface area contributed by atoms with E-state index in [1.54, 1.807) is 43.3 Å². The van der Waals surface area contributed by atoms with E-state index >= 15 is 0 Å². The van der Waals surface area contributed by atoms with E-state index in [4.69, 9.17) is 4.74 Å². The highest BCUT2D eigenvalue weighted by atomic mass is 32.2. The SMILES string of the molecule is CCOc1ccc(N(CC(=O)N(CCc2ccccc2)C(C)C(=O)NCC(C)C)S(=O)(=O)c2ccc(C)cc2)cc1. The van der Waals surface area contributed by atoms with Gasteiger partial charge in [-0.1, -0.05) is 61.9 Å². The van der Waals surface area contributed by atoms with Gasteiger partial charge < -0.3 is 15.0 Å². The topological polar surface area (TPSA) is 96.0 Å². The highest BCUT2D eigenvalue weighted by Gasteiger charge is 2.32. The van der Waals surface area contributed by atoms with Crippen molar-refractivity contribution in [1.29, 1.82) is 0 Å². The molecule has 41 heavy (non-hydrogen) atoms. The Kier molecular flexibility index (Phi) is 11.3. The fraction of sp³-hybridized carbons (Fsp3) is 0.375. The summed E-state index contributed by atoms with van der Waals surface area (Å²) in [4.78, 5) is 28.5. The molecule has 1 atom stereocenters. The Morgan fingerprint density at radius 3 is 2.12 bits per heavy atom. The van der Waals surface area contributed by atoms with Crippen LogP contribution in [-0.4, -0.2) is 57.4 Å². The zero-order valence-corrected chi connectivity index (χ0v) is 25.4. The molecule has 1 N–H and O–H groups in total. The summed E-state index contributed by atoms with van der Waals surface area (Å²) in [5.41, 5.74) is 2.25. The van der Waals surface area contributed by atoms with Gasteiger partial charge in [0.05, 0.1) is 17.2 Å². The second-order valence-corrected chi connectivity index (χ2v) is 12.3. The molecule has 0 fully saturated rings. The summed E-state index contributed by atoms with van der Waals surface area (Å²) in [6, 6.07) is 22.0. The second kappa shape index (κ2) is 14.7. The Balaban J connectivity index is 1.97. The average Bonchev–Trinajstić information content (AvgIpc) is 2.96. The number of carbonyl (C=O) groups excluding carboxylic acids is 2. The summed E-state index contributed by atoms with van der Waals surface area (Å²) < 4.78 is 34.5. The van der Waals surface area contributed by atoms with Crippen molar-refractivity contribution in [2.24, 2.45) is 5.92 Å². The molecule has 0 saturated carbocycles. The van der Waals surface area contributed by atoms with Gasteiger partial charge in [-0.15, -0.1) is 0 Å². The lowest BCUT2D eigenvalue weighted by atomic mass is 10.1. The van der Waals surface area contributed by atoms with E-state index in [-0.39, 0.29) is 23.3 Å². The number of sulfonamides is 1. The minimum absolute atomic E-state index is 0.0725.